The van der Waals surface area contributed by atoms with Crippen molar-refractivity contribution in [3.05, 3.63) is 24.8 Å². The molecule has 6 nitrogen and oxygen atoms in total. The summed E-state index contributed by atoms with van der Waals surface area (Å²) in [5.41, 5.74) is 1.71. The maximum atomic E-state index is 4.31. The summed E-state index contributed by atoms with van der Waals surface area (Å²) in [6, 6.07) is 2.46. The van der Waals surface area contributed by atoms with E-state index in [0.717, 1.165) is 23.6 Å². The molecule has 1 aliphatic carbocycles. The van der Waals surface area contributed by atoms with Gasteiger partial charge in [-0.05, 0) is 19.8 Å². The zero-order valence-corrected chi connectivity index (χ0v) is 10.8. The number of rotatable bonds is 5. The zero-order chi connectivity index (χ0) is 13.1. The molecule has 1 saturated carbocycles. The molecule has 0 aliphatic heterocycles. The van der Waals surface area contributed by atoms with Crippen molar-refractivity contribution in [2.24, 2.45) is 0 Å². The molecule has 0 bridgehead atoms. The average Bonchev–Trinajstić information content (AvgIpc) is 3.24. The fraction of sp³-hybridized carbons (Fsp3) is 0.385. The molecule has 0 aromatic carbocycles. The third-order valence-electron chi connectivity index (χ3n) is 2.88. The van der Waals surface area contributed by atoms with Crippen molar-refractivity contribution in [3.8, 4) is 11.3 Å². The third kappa shape index (κ3) is 2.96. The SMILES string of the molecule is CCNc1cc(-c2cnc(NC3CC3)nc2)ncn1. The minimum atomic E-state index is 0.560. The van der Waals surface area contributed by atoms with Gasteiger partial charge in [-0.25, -0.2) is 19.9 Å². The molecule has 2 N–H and O–H groups in total. The van der Waals surface area contributed by atoms with E-state index in [-0.39, 0.29) is 0 Å². The van der Waals surface area contributed by atoms with Crippen LogP contribution in [0.2, 0.25) is 0 Å². The summed E-state index contributed by atoms with van der Waals surface area (Å²) < 4.78 is 0. The Bertz CT molecular complexity index is 549. The van der Waals surface area contributed by atoms with Crippen molar-refractivity contribution >= 4 is 11.8 Å². The zero-order valence-electron chi connectivity index (χ0n) is 10.8. The summed E-state index contributed by atoms with van der Waals surface area (Å²) in [6.07, 6.45) is 7.54. The van der Waals surface area contributed by atoms with Gasteiger partial charge < -0.3 is 10.6 Å². The van der Waals surface area contributed by atoms with E-state index >= 15 is 0 Å². The summed E-state index contributed by atoms with van der Waals surface area (Å²) in [5, 5.41) is 6.42. The van der Waals surface area contributed by atoms with Crippen LogP contribution in [0.25, 0.3) is 11.3 Å². The van der Waals surface area contributed by atoms with Gasteiger partial charge in [0.05, 0.1) is 5.69 Å². The van der Waals surface area contributed by atoms with Crippen molar-refractivity contribution in [2.75, 3.05) is 17.2 Å². The lowest BCUT2D eigenvalue weighted by atomic mass is 10.2. The quantitative estimate of drug-likeness (QED) is 0.851. The molecule has 2 heterocycles. The molecule has 0 radical (unpaired) electrons. The average molecular weight is 256 g/mol. The molecule has 6 heteroatoms. The fourth-order valence-corrected chi connectivity index (χ4v) is 1.74. The molecule has 2 aromatic heterocycles. The summed E-state index contributed by atoms with van der Waals surface area (Å²) in [7, 11) is 0. The van der Waals surface area contributed by atoms with Gasteiger partial charge in [-0.3, -0.25) is 0 Å². The predicted octanol–water partition coefficient (Wildman–Crippen LogP) is 1.94. The van der Waals surface area contributed by atoms with Crippen molar-refractivity contribution in [1.29, 1.82) is 0 Å². The van der Waals surface area contributed by atoms with E-state index < -0.39 is 0 Å². The number of hydrogen-bond donors (Lipinski definition) is 2. The Balaban J connectivity index is 1.78. The van der Waals surface area contributed by atoms with Gasteiger partial charge in [0, 0.05) is 36.6 Å². The summed E-state index contributed by atoms with van der Waals surface area (Å²) in [5.74, 6) is 1.50. The van der Waals surface area contributed by atoms with Crippen molar-refractivity contribution < 1.29 is 0 Å². The maximum Gasteiger partial charge on any atom is 0.222 e. The van der Waals surface area contributed by atoms with E-state index in [1.807, 2.05) is 13.0 Å². The van der Waals surface area contributed by atoms with Crippen LogP contribution in [0.1, 0.15) is 19.8 Å². The van der Waals surface area contributed by atoms with Gasteiger partial charge in [0.25, 0.3) is 0 Å². The summed E-state index contributed by atoms with van der Waals surface area (Å²) in [6.45, 7) is 2.86. The summed E-state index contributed by atoms with van der Waals surface area (Å²) in [4.78, 5) is 17.0. The molecule has 1 fully saturated rings. The Morgan fingerprint density at radius 3 is 2.63 bits per heavy atom. The Kier molecular flexibility index (Phi) is 3.22. The van der Waals surface area contributed by atoms with Crippen LogP contribution in [-0.4, -0.2) is 32.5 Å². The molecule has 3 rings (SSSR count). The second-order valence-electron chi connectivity index (χ2n) is 4.53. The maximum absolute atomic E-state index is 4.31. The molecule has 0 atom stereocenters. The molecule has 1 aliphatic rings. The molecule has 98 valence electrons. The first-order chi connectivity index (χ1) is 9.35. The highest BCUT2D eigenvalue weighted by Gasteiger charge is 2.21. The molecule has 2 aromatic rings. The van der Waals surface area contributed by atoms with E-state index in [1.165, 1.54) is 12.8 Å². The van der Waals surface area contributed by atoms with Gasteiger partial charge in [0.15, 0.2) is 0 Å². The van der Waals surface area contributed by atoms with Crippen molar-refractivity contribution in [1.82, 2.24) is 19.9 Å². The predicted molar refractivity (Wildman–Crippen MR) is 73.9 cm³/mol. The summed E-state index contributed by atoms with van der Waals surface area (Å²) >= 11 is 0. The van der Waals surface area contributed by atoms with Gasteiger partial charge >= 0.3 is 0 Å². The molecular weight excluding hydrogens is 240 g/mol. The largest absolute Gasteiger partial charge is 0.370 e. The molecular formula is C13H16N6. The Labute approximate surface area is 111 Å². The van der Waals surface area contributed by atoms with Crippen LogP contribution in [0.15, 0.2) is 24.8 Å². The highest BCUT2D eigenvalue weighted by molar-refractivity contribution is 5.60. The van der Waals surface area contributed by atoms with E-state index in [0.29, 0.717) is 12.0 Å². The highest BCUT2D eigenvalue weighted by Crippen LogP contribution is 2.23. The molecule has 0 amide bonds. The van der Waals surface area contributed by atoms with Gasteiger partial charge in [-0.2, -0.15) is 0 Å². The topological polar surface area (TPSA) is 75.6 Å². The Morgan fingerprint density at radius 2 is 1.95 bits per heavy atom. The van der Waals surface area contributed by atoms with E-state index in [1.54, 1.807) is 18.7 Å². The second-order valence-corrected chi connectivity index (χ2v) is 4.53. The second kappa shape index (κ2) is 5.17. The number of anilines is 2. The minimum absolute atomic E-state index is 0.560. The van der Waals surface area contributed by atoms with Crippen molar-refractivity contribution in [2.45, 2.75) is 25.8 Å². The highest BCUT2D eigenvalue weighted by atomic mass is 15.1. The van der Waals surface area contributed by atoms with E-state index in [9.17, 15) is 0 Å². The molecule has 0 unspecified atom stereocenters. The first kappa shape index (κ1) is 11.8. The fourth-order valence-electron chi connectivity index (χ4n) is 1.74. The van der Waals surface area contributed by atoms with Gasteiger partial charge in [0.2, 0.25) is 5.95 Å². The van der Waals surface area contributed by atoms with Gasteiger partial charge in [-0.1, -0.05) is 0 Å². The standard InChI is InChI=1S/C13H16N6/c1-2-14-12-5-11(17-8-18-12)9-6-15-13(16-7-9)19-10-3-4-10/h5-8,10H,2-4H2,1H3,(H,14,17,18)(H,15,16,19). The third-order valence-corrected chi connectivity index (χ3v) is 2.88. The Morgan fingerprint density at radius 1 is 1.16 bits per heavy atom. The van der Waals surface area contributed by atoms with Gasteiger partial charge in [0.1, 0.15) is 12.1 Å². The number of nitrogens with one attached hydrogen (secondary N) is 2. The number of nitrogens with zero attached hydrogens (tertiary/aromatic N) is 4. The van der Waals surface area contributed by atoms with Crippen LogP contribution in [-0.2, 0) is 0 Å². The lowest BCUT2D eigenvalue weighted by Crippen LogP contribution is -2.05. The lowest BCUT2D eigenvalue weighted by Gasteiger charge is -2.05. The number of hydrogen-bond acceptors (Lipinski definition) is 6. The lowest BCUT2D eigenvalue weighted by molar-refractivity contribution is 1.05. The first-order valence-electron chi connectivity index (χ1n) is 6.50. The first-order valence-corrected chi connectivity index (χ1v) is 6.50. The molecule has 0 spiro atoms. The smallest absolute Gasteiger partial charge is 0.222 e. The van der Waals surface area contributed by atoms with Crippen LogP contribution in [0.4, 0.5) is 11.8 Å². The molecule has 0 saturated heterocycles. The van der Waals surface area contributed by atoms with Crippen LogP contribution >= 0.6 is 0 Å². The van der Waals surface area contributed by atoms with E-state index in [4.69, 9.17) is 0 Å². The normalized spacial score (nSPS) is 14.2. The van der Waals surface area contributed by atoms with Crippen LogP contribution in [0.3, 0.4) is 0 Å². The Hall–Kier alpha value is -2.24. The molecule has 19 heavy (non-hydrogen) atoms. The minimum Gasteiger partial charge on any atom is -0.370 e. The monoisotopic (exact) mass is 256 g/mol. The van der Waals surface area contributed by atoms with Crippen LogP contribution in [0.5, 0.6) is 0 Å². The number of aromatic nitrogens is 4. The van der Waals surface area contributed by atoms with Crippen LogP contribution < -0.4 is 10.6 Å². The van der Waals surface area contributed by atoms with Crippen molar-refractivity contribution in [3.63, 3.8) is 0 Å². The van der Waals surface area contributed by atoms with Gasteiger partial charge in [-0.15, -0.1) is 0 Å². The van der Waals surface area contributed by atoms with E-state index in [2.05, 4.69) is 30.6 Å². The van der Waals surface area contributed by atoms with Crippen LogP contribution in [0, 0.1) is 0 Å².